The number of rotatable bonds is 5. The lowest BCUT2D eigenvalue weighted by Gasteiger charge is -2.32. The monoisotopic (exact) mass is 443 g/mol. The van der Waals surface area contributed by atoms with E-state index in [1.54, 1.807) is 13.2 Å². The van der Waals surface area contributed by atoms with Crippen molar-refractivity contribution in [3.63, 3.8) is 0 Å². The molecule has 1 amide bonds. The molecule has 0 aliphatic carbocycles. The first-order chi connectivity index (χ1) is 13.3. The molecule has 150 valence electrons. The summed E-state index contributed by atoms with van der Waals surface area (Å²) in [6.07, 6.45) is 3.24. The van der Waals surface area contributed by atoms with E-state index in [0.29, 0.717) is 10.8 Å². The van der Waals surface area contributed by atoms with Crippen LogP contribution < -0.4 is 9.62 Å². The minimum atomic E-state index is -4.09. The number of sulfonamides is 1. The zero-order valence-electron chi connectivity index (χ0n) is 15.1. The Morgan fingerprint density at radius 1 is 1.21 bits per heavy atom. The van der Waals surface area contributed by atoms with E-state index in [-0.39, 0.29) is 21.6 Å². The molecule has 1 saturated heterocycles. The van der Waals surface area contributed by atoms with E-state index < -0.39 is 15.9 Å². The lowest BCUT2D eigenvalue weighted by molar-refractivity contribution is 0.0818. The summed E-state index contributed by atoms with van der Waals surface area (Å²) in [5, 5.41) is 0.409. The van der Waals surface area contributed by atoms with Crippen LogP contribution >= 0.6 is 23.2 Å². The van der Waals surface area contributed by atoms with Gasteiger partial charge in [-0.05, 0) is 43.2 Å². The molecule has 7 nitrogen and oxygen atoms in total. The zero-order valence-corrected chi connectivity index (χ0v) is 17.4. The van der Waals surface area contributed by atoms with Crippen LogP contribution in [0.4, 0.5) is 5.82 Å². The summed E-state index contributed by atoms with van der Waals surface area (Å²) < 4.78 is 32.3. The number of nitrogens with one attached hydrogen (secondary N) is 1. The highest BCUT2D eigenvalue weighted by Gasteiger charge is 2.23. The maximum atomic E-state index is 12.5. The summed E-state index contributed by atoms with van der Waals surface area (Å²) in [5.74, 6) is -0.159. The second-order valence-corrected chi connectivity index (χ2v) is 8.86. The van der Waals surface area contributed by atoms with Gasteiger partial charge in [0.05, 0.1) is 16.7 Å². The van der Waals surface area contributed by atoms with Crippen LogP contribution in [0.25, 0.3) is 0 Å². The highest BCUT2D eigenvalue weighted by molar-refractivity contribution is 7.90. The molecule has 2 aromatic rings. The Kier molecular flexibility index (Phi) is 6.44. The van der Waals surface area contributed by atoms with Crippen molar-refractivity contribution in [2.45, 2.75) is 23.8 Å². The molecule has 1 aromatic carbocycles. The maximum absolute atomic E-state index is 12.5. The van der Waals surface area contributed by atoms with Gasteiger partial charge in [0.25, 0.3) is 15.9 Å². The third-order valence-electron chi connectivity index (χ3n) is 4.53. The molecule has 0 bridgehead atoms. The number of amides is 1. The summed E-state index contributed by atoms with van der Waals surface area (Å²) >= 11 is 11.8. The summed E-state index contributed by atoms with van der Waals surface area (Å²) in [6.45, 7) is 1.56. The number of carbonyl (C=O) groups is 1. The highest BCUT2D eigenvalue weighted by atomic mass is 35.5. The van der Waals surface area contributed by atoms with Crippen LogP contribution in [0.15, 0.2) is 41.4 Å². The molecular weight excluding hydrogens is 425 g/mol. The Morgan fingerprint density at radius 3 is 2.50 bits per heavy atom. The fraction of sp³-hybridized carbons (Fsp3) is 0.333. The number of methoxy groups -OCH3 is 1. The Bertz CT molecular complexity index is 959. The molecule has 0 unspecified atom stereocenters. The fourth-order valence-electron chi connectivity index (χ4n) is 2.95. The summed E-state index contributed by atoms with van der Waals surface area (Å²) in [6, 6.07) is 7.23. The molecule has 0 spiro atoms. The maximum Gasteiger partial charge on any atom is 0.266 e. The smallest absolute Gasteiger partial charge is 0.266 e. The molecule has 0 saturated carbocycles. The topological polar surface area (TPSA) is 88.6 Å². The number of benzene rings is 1. The van der Waals surface area contributed by atoms with Crippen molar-refractivity contribution < 1.29 is 17.9 Å². The van der Waals surface area contributed by atoms with Gasteiger partial charge < -0.3 is 9.64 Å². The number of anilines is 1. The van der Waals surface area contributed by atoms with Gasteiger partial charge in [0.15, 0.2) is 0 Å². The molecule has 10 heteroatoms. The van der Waals surface area contributed by atoms with Crippen molar-refractivity contribution in [3.8, 4) is 0 Å². The standard InChI is InChI=1S/C18H19Cl2N3O4S/c1-27-13-6-8-23(9-7-13)17-5-3-14(11-21-17)28(25,26)22-18(24)15-4-2-12(19)10-16(15)20/h2-5,10-11,13H,6-9H2,1H3,(H,22,24). The van der Waals surface area contributed by atoms with Crippen LogP contribution in [0.5, 0.6) is 0 Å². The van der Waals surface area contributed by atoms with E-state index in [4.69, 9.17) is 27.9 Å². The van der Waals surface area contributed by atoms with Crippen LogP contribution in [0.3, 0.4) is 0 Å². The predicted octanol–water partition coefficient (Wildman–Crippen LogP) is 3.12. The van der Waals surface area contributed by atoms with Crippen molar-refractivity contribution in [2.24, 2.45) is 0 Å². The quantitative estimate of drug-likeness (QED) is 0.763. The van der Waals surface area contributed by atoms with Crippen molar-refractivity contribution in [2.75, 3.05) is 25.1 Å². The van der Waals surface area contributed by atoms with E-state index in [1.165, 1.54) is 30.5 Å². The van der Waals surface area contributed by atoms with Crippen LogP contribution in [0.1, 0.15) is 23.2 Å². The van der Waals surface area contributed by atoms with Crippen LogP contribution in [-0.4, -0.2) is 45.6 Å². The number of ether oxygens (including phenoxy) is 1. The number of hydrogen-bond donors (Lipinski definition) is 1. The minimum absolute atomic E-state index is 0.0141. The third-order valence-corrected chi connectivity index (χ3v) is 6.40. The lowest BCUT2D eigenvalue weighted by atomic mass is 10.1. The van der Waals surface area contributed by atoms with Crippen LogP contribution in [0, 0.1) is 0 Å². The second kappa shape index (κ2) is 8.65. The molecule has 28 heavy (non-hydrogen) atoms. The molecule has 2 heterocycles. The van der Waals surface area contributed by atoms with Crippen molar-refractivity contribution in [1.82, 2.24) is 9.71 Å². The average molecular weight is 444 g/mol. The van der Waals surface area contributed by atoms with Gasteiger partial charge in [0.1, 0.15) is 10.7 Å². The van der Waals surface area contributed by atoms with Crippen molar-refractivity contribution >= 4 is 45.0 Å². The van der Waals surface area contributed by atoms with Gasteiger partial charge in [-0.25, -0.2) is 18.1 Å². The van der Waals surface area contributed by atoms with E-state index in [2.05, 4.69) is 9.88 Å². The average Bonchev–Trinajstić information content (AvgIpc) is 2.67. The molecule has 1 aromatic heterocycles. The molecule has 3 rings (SSSR count). The Hall–Kier alpha value is -1.87. The second-order valence-electron chi connectivity index (χ2n) is 6.33. The largest absolute Gasteiger partial charge is 0.381 e. The molecule has 0 radical (unpaired) electrons. The summed E-state index contributed by atoms with van der Waals surface area (Å²) in [5.41, 5.74) is 0.0141. The molecule has 0 atom stereocenters. The third kappa shape index (κ3) is 4.75. The van der Waals surface area contributed by atoms with Gasteiger partial charge in [-0.3, -0.25) is 4.79 Å². The Balaban J connectivity index is 1.71. The van der Waals surface area contributed by atoms with Gasteiger partial charge in [0, 0.05) is 31.4 Å². The number of pyridine rings is 1. The molecular formula is C18H19Cl2N3O4S. The number of aromatic nitrogens is 1. The highest BCUT2D eigenvalue weighted by Crippen LogP contribution is 2.23. The number of halogens is 2. The minimum Gasteiger partial charge on any atom is -0.381 e. The van der Waals surface area contributed by atoms with Gasteiger partial charge in [-0.2, -0.15) is 0 Å². The van der Waals surface area contributed by atoms with E-state index in [1.807, 2.05) is 4.72 Å². The molecule has 1 aliphatic rings. The van der Waals surface area contributed by atoms with Gasteiger partial charge >= 0.3 is 0 Å². The molecule has 1 fully saturated rings. The first kappa shape index (κ1) is 20.9. The number of carbonyl (C=O) groups excluding carboxylic acids is 1. The number of nitrogens with zero attached hydrogens (tertiary/aromatic N) is 2. The lowest BCUT2D eigenvalue weighted by Crippen LogP contribution is -2.37. The SMILES string of the molecule is COC1CCN(c2ccc(S(=O)(=O)NC(=O)c3ccc(Cl)cc3Cl)cn2)CC1. The van der Waals surface area contributed by atoms with Crippen LogP contribution in [0.2, 0.25) is 10.0 Å². The fourth-order valence-corrected chi connectivity index (χ4v) is 4.35. The first-order valence-corrected chi connectivity index (χ1v) is 10.8. The molecule has 1 aliphatic heterocycles. The molecule has 1 N–H and O–H groups in total. The predicted molar refractivity (Wildman–Crippen MR) is 108 cm³/mol. The summed E-state index contributed by atoms with van der Waals surface area (Å²) in [4.78, 5) is 18.5. The van der Waals surface area contributed by atoms with Gasteiger partial charge in [-0.1, -0.05) is 23.2 Å². The van der Waals surface area contributed by atoms with Gasteiger partial charge in [0.2, 0.25) is 0 Å². The Labute approximate surface area is 173 Å². The van der Waals surface area contributed by atoms with Crippen molar-refractivity contribution in [1.29, 1.82) is 0 Å². The zero-order chi connectivity index (χ0) is 20.3. The number of piperidine rings is 1. The van der Waals surface area contributed by atoms with E-state index in [0.717, 1.165) is 25.9 Å². The summed E-state index contributed by atoms with van der Waals surface area (Å²) in [7, 11) is -2.39. The van der Waals surface area contributed by atoms with Gasteiger partial charge in [-0.15, -0.1) is 0 Å². The van der Waals surface area contributed by atoms with Crippen molar-refractivity contribution in [3.05, 3.63) is 52.1 Å². The normalized spacial score (nSPS) is 15.5. The van der Waals surface area contributed by atoms with E-state index in [9.17, 15) is 13.2 Å². The van der Waals surface area contributed by atoms with E-state index >= 15 is 0 Å². The van der Waals surface area contributed by atoms with Crippen LogP contribution in [-0.2, 0) is 14.8 Å². The first-order valence-electron chi connectivity index (χ1n) is 8.56. The number of hydrogen-bond acceptors (Lipinski definition) is 6. The Morgan fingerprint density at radius 2 is 1.93 bits per heavy atom.